The number of amides is 2. The molecule has 17 heavy (non-hydrogen) atoms. The monoisotopic (exact) mass is 235 g/mol. The fraction of sp³-hybridized carbons (Fsp3) is 0.462. The summed E-state index contributed by atoms with van der Waals surface area (Å²) in [4.78, 5) is 13.4. The van der Waals surface area contributed by atoms with Gasteiger partial charge in [-0.25, -0.2) is 4.79 Å². The van der Waals surface area contributed by atoms with Crippen molar-refractivity contribution >= 4 is 6.03 Å². The molecule has 1 rings (SSSR count). The molecule has 1 unspecified atom stereocenters. The lowest BCUT2D eigenvalue weighted by molar-refractivity contribution is 0.202. The molecule has 4 heteroatoms. The molecule has 0 aliphatic heterocycles. The highest BCUT2D eigenvalue weighted by molar-refractivity contribution is 5.73. The molecule has 0 aromatic heterocycles. The largest absolute Gasteiger partial charge is 0.334 e. The molecule has 3 N–H and O–H groups in total. The van der Waals surface area contributed by atoms with Crippen molar-refractivity contribution in [1.29, 1.82) is 0 Å². The molecular weight excluding hydrogens is 214 g/mol. The molecule has 1 aromatic rings. The molecule has 0 fully saturated rings. The Morgan fingerprint density at radius 3 is 2.65 bits per heavy atom. The minimum atomic E-state index is -0.0610. The van der Waals surface area contributed by atoms with E-state index in [1.54, 1.807) is 11.9 Å². The number of carbonyl (C=O) groups excluding carboxylic acids is 1. The van der Waals surface area contributed by atoms with Gasteiger partial charge in [0.2, 0.25) is 0 Å². The maximum atomic E-state index is 11.7. The van der Waals surface area contributed by atoms with Gasteiger partial charge in [-0.15, -0.1) is 0 Å². The highest BCUT2D eigenvalue weighted by atomic mass is 16.2. The van der Waals surface area contributed by atoms with E-state index in [0.29, 0.717) is 25.6 Å². The van der Waals surface area contributed by atoms with E-state index in [1.807, 2.05) is 37.3 Å². The topological polar surface area (TPSA) is 58.4 Å². The van der Waals surface area contributed by atoms with Gasteiger partial charge in [0.1, 0.15) is 0 Å². The van der Waals surface area contributed by atoms with Gasteiger partial charge in [-0.2, -0.15) is 0 Å². The average Bonchev–Trinajstić information content (AvgIpc) is 2.36. The van der Waals surface area contributed by atoms with Crippen LogP contribution in [0.25, 0.3) is 0 Å². The van der Waals surface area contributed by atoms with Crippen LogP contribution in [0.4, 0.5) is 4.79 Å². The zero-order valence-corrected chi connectivity index (χ0v) is 10.5. The van der Waals surface area contributed by atoms with Crippen LogP contribution in [0.3, 0.4) is 0 Å². The highest BCUT2D eigenvalue weighted by Gasteiger charge is 2.10. The van der Waals surface area contributed by atoms with Gasteiger partial charge >= 0.3 is 6.03 Å². The first-order valence-corrected chi connectivity index (χ1v) is 5.86. The molecule has 0 aliphatic carbocycles. The van der Waals surface area contributed by atoms with Crippen LogP contribution in [-0.4, -0.2) is 31.1 Å². The lowest BCUT2D eigenvalue weighted by Crippen LogP contribution is -2.40. The first-order valence-electron chi connectivity index (χ1n) is 5.86. The SMILES string of the molecule is CC(CN)CN(C)C(=O)NCc1ccccc1. The van der Waals surface area contributed by atoms with E-state index in [1.165, 1.54) is 0 Å². The van der Waals surface area contributed by atoms with E-state index in [-0.39, 0.29) is 6.03 Å². The lowest BCUT2D eigenvalue weighted by atomic mass is 10.2. The summed E-state index contributed by atoms with van der Waals surface area (Å²) >= 11 is 0. The van der Waals surface area contributed by atoms with E-state index < -0.39 is 0 Å². The molecular formula is C13H21N3O. The first kappa shape index (κ1) is 13.5. The number of carbonyl (C=O) groups is 1. The number of hydrogen-bond acceptors (Lipinski definition) is 2. The minimum absolute atomic E-state index is 0.0610. The smallest absolute Gasteiger partial charge is 0.317 e. The van der Waals surface area contributed by atoms with E-state index in [9.17, 15) is 4.79 Å². The molecule has 0 radical (unpaired) electrons. The third-order valence-electron chi connectivity index (χ3n) is 2.62. The minimum Gasteiger partial charge on any atom is -0.334 e. The quantitative estimate of drug-likeness (QED) is 0.811. The summed E-state index contributed by atoms with van der Waals surface area (Å²) in [6, 6.07) is 9.80. The number of urea groups is 1. The second-order valence-electron chi connectivity index (χ2n) is 4.37. The lowest BCUT2D eigenvalue weighted by Gasteiger charge is -2.21. The number of nitrogens with zero attached hydrogens (tertiary/aromatic N) is 1. The standard InChI is InChI=1S/C13H21N3O/c1-11(8-14)10-16(2)13(17)15-9-12-6-4-3-5-7-12/h3-7,11H,8-10,14H2,1-2H3,(H,15,17). The van der Waals surface area contributed by atoms with Gasteiger partial charge in [-0.05, 0) is 18.0 Å². The number of rotatable bonds is 5. The molecule has 0 heterocycles. The first-order chi connectivity index (χ1) is 8.13. The van der Waals surface area contributed by atoms with Crippen molar-refractivity contribution in [2.45, 2.75) is 13.5 Å². The van der Waals surface area contributed by atoms with Crippen LogP contribution in [0.2, 0.25) is 0 Å². The Kier molecular flexibility index (Phi) is 5.49. The van der Waals surface area contributed by atoms with E-state index in [4.69, 9.17) is 5.73 Å². The zero-order valence-electron chi connectivity index (χ0n) is 10.5. The average molecular weight is 235 g/mol. The third-order valence-corrected chi connectivity index (χ3v) is 2.62. The van der Waals surface area contributed by atoms with E-state index in [2.05, 4.69) is 5.32 Å². The van der Waals surface area contributed by atoms with Crippen LogP contribution in [0.5, 0.6) is 0 Å². The molecule has 1 atom stereocenters. The van der Waals surface area contributed by atoms with Crippen molar-refractivity contribution in [1.82, 2.24) is 10.2 Å². The summed E-state index contributed by atoms with van der Waals surface area (Å²) in [5, 5.41) is 2.87. The maximum absolute atomic E-state index is 11.7. The Hall–Kier alpha value is -1.55. The summed E-state index contributed by atoms with van der Waals surface area (Å²) in [6.45, 7) is 3.86. The molecule has 1 aromatic carbocycles. The van der Waals surface area contributed by atoms with Crippen molar-refractivity contribution < 1.29 is 4.79 Å². The molecule has 0 saturated carbocycles. The third kappa shape index (κ3) is 4.87. The molecule has 94 valence electrons. The zero-order chi connectivity index (χ0) is 12.7. The van der Waals surface area contributed by atoms with Crippen LogP contribution >= 0.6 is 0 Å². The Morgan fingerprint density at radius 1 is 1.41 bits per heavy atom. The van der Waals surface area contributed by atoms with Gasteiger partial charge in [0.05, 0.1) is 0 Å². The maximum Gasteiger partial charge on any atom is 0.317 e. The number of nitrogens with one attached hydrogen (secondary N) is 1. The van der Waals surface area contributed by atoms with E-state index >= 15 is 0 Å². The summed E-state index contributed by atoms with van der Waals surface area (Å²) in [5.41, 5.74) is 6.63. The molecule has 0 saturated heterocycles. The highest BCUT2D eigenvalue weighted by Crippen LogP contribution is 1.99. The Bertz CT molecular complexity index is 340. The van der Waals surface area contributed by atoms with E-state index in [0.717, 1.165) is 5.56 Å². The fourth-order valence-corrected chi connectivity index (χ4v) is 1.53. The Labute approximate surface area is 103 Å². The molecule has 0 spiro atoms. The Morgan fingerprint density at radius 2 is 2.06 bits per heavy atom. The van der Waals surface area contributed by atoms with Gasteiger partial charge in [-0.1, -0.05) is 37.3 Å². The summed E-state index contributed by atoms with van der Waals surface area (Å²) < 4.78 is 0. The van der Waals surface area contributed by atoms with Crippen molar-refractivity contribution in [3.63, 3.8) is 0 Å². The van der Waals surface area contributed by atoms with Gasteiger partial charge in [0.15, 0.2) is 0 Å². The van der Waals surface area contributed by atoms with Crippen molar-refractivity contribution in [2.24, 2.45) is 11.7 Å². The predicted molar refractivity (Wildman–Crippen MR) is 69.5 cm³/mol. The number of nitrogens with two attached hydrogens (primary N) is 1. The summed E-state index contributed by atoms with van der Waals surface area (Å²) in [5.74, 6) is 0.322. The van der Waals surface area contributed by atoms with Crippen molar-refractivity contribution in [3.05, 3.63) is 35.9 Å². The second-order valence-corrected chi connectivity index (χ2v) is 4.37. The second kappa shape index (κ2) is 6.91. The van der Waals surface area contributed by atoms with Crippen LogP contribution in [0.15, 0.2) is 30.3 Å². The van der Waals surface area contributed by atoms with Crippen molar-refractivity contribution in [3.8, 4) is 0 Å². The molecule has 0 aliphatic rings. The van der Waals surface area contributed by atoms with Gasteiger partial charge in [-0.3, -0.25) is 0 Å². The number of hydrogen-bond donors (Lipinski definition) is 2. The summed E-state index contributed by atoms with van der Waals surface area (Å²) in [6.07, 6.45) is 0. The van der Waals surface area contributed by atoms with Crippen LogP contribution < -0.4 is 11.1 Å². The fourth-order valence-electron chi connectivity index (χ4n) is 1.53. The van der Waals surface area contributed by atoms with Gasteiger partial charge in [0, 0.05) is 20.1 Å². The normalized spacial score (nSPS) is 11.9. The Balaban J connectivity index is 2.34. The van der Waals surface area contributed by atoms with Gasteiger partial charge in [0.25, 0.3) is 0 Å². The van der Waals surface area contributed by atoms with Crippen LogP contribution in [0.1, 0.15) is 12.5 Å². The van der Waals surface area contributed by atoms with Gasteiger partial charge < -0.3 is 16.0 Å². The molecule has 0 bridgehead atoms. The number of benzene rings is 1. The predicted octanol–water partition coefficient (Wildman–Crippen LogP) is 1.42. The van der Waals surface area contributed by atoms with Crippen LogP contribution in [0, 0.1) is 5.92 Å². The molecule has 2 amide bonds. The summed E-state index contributed by atoms with van der Waals surface area (Å²) in [7, 11) is 1.78. The van der Waals surface area contributed by atoms with Crippen molar-refractivity contribution in [2.75, 3.05) is 20.1 Å². The van der Waals surface area contributed by atoms with Crippen LogP contribution in [-0.2, 0) is 6.54 Å². The molecule has 4 nitrogen and oxygen atoms in total.